The molecule has 0 aliphatic rings. The minimum Gasteiger partial charge on any atom is -0.352 e. The summed E-state index contributed by atoms with van der Waals surface area (Å²) in [7, 11) is 8.07. The molecule has 0 spiro atoms. The Morgan fingerprint density at radius 3 is 1.39 bits per heavy atom. The summed E-state index contributed by atoms with van der Waals surface area (Å²) in [5.41, 5.74) is 5.57. The van der Waals surface area contributed by atoms with Crippen LogP contribution in [0.2, 0.25) is 0 Å². The highest BCUT2D eigenvalue weighted by Crippen LogP contribution is 2.32. The number of amides is 2. The number of hydrogen-bond donors (Lipinski definition) is 2. The highest BCUT2D eigenvalue weighted by Gasteiger charge is 2.19. The third kappa shape index (κ3) is 7.45. The van der Waals surface area contributed by atoms with Gasteiger partial charge in [0.25, 0.3) is 11.8 Å². The zero-order valence-corrected chi connectivity index (χ0v) is 25.9. The second-order valence-electron chi connectivity index (χ2n) is 11.6. The number of aromatic nitrogens is 2. The zero-order valence-electron chi connectivity index (χ0n) is 25.9. The number of carbonyl (C=O) groups excluding carboxylic acids is 2. The van der Waals surface area contributed by atoms with Crippen molar-refractivity contribution in [1.29, 1.82) is 0 Å². The first-order chi connectivity index (χ1) is 21.3. The van der Waals surface area contributed by atoms with Crippen molar-refractivity contribution in [1.82, 2.24) is 30.4 Å². The second-order valence-corrected chi connectivity index (χ2v) is 11.6. The van der Waals surface area contributed by atoms with Gasteiger partial charge in [-0.05, 0) is 78.4 Å². The number of rotatable bonds is 12. The largest absolute Gasteiger partial charge is 0.352 e. The van der Waals surface area contributed by atoms with E-state index >= 15 is 0 Å². The number of nitrogens with zero attached hydrogens (tertiary/aromatic N) is 4. The molecule has 0 aliphatic heterocycles. The van der Waals surface area contributed by atoms with E-state index in [2.05, 4.69) is 20.4 Å². The van der Waals surface area contributed by atoms with Crippen molar-refractivity contribution >= 4 is 33.6 Å². The molecular weight excluding hydrogens is 548 g/mol. The van der Waals surface area contributed by atoms with E-state index in [1.165, 1.54) is 0 Å². The van der Waals surface area contributed by atoms with E-state index in [0.29, 0.717) is 57.4 Å². The molecule has 2 amide bonds. The fraction of sp³-hybridized carbons (Fsp3) is 0.278. The summed E-state index contributed by atoms with van der Waals surface area (Å²) in [4.78, 5) is 41.5. The summed E-state index contributed by atoms with van der Waals surface area (Å²) in [5.74, 6) is -0.340. The molecule has 0 aliphatic carbocycles. The van der Waals surface area contributed by atoms with Gasteiger partial charge in [0.05, 0.1) is 33.5 Å². The van der Waals surface area contributed by atoms with E-state index in [-0.39, 0.29) is 11.8 Å². The molecule has 5 rings (SSSR count). The van der Waals surface area contributed by atoms with E-state index in [1.807, 2.05) is 113 Å². The number of fused-ring (bicyclic) bond motifs is 2. The van der Waals surface area contributed by atoms with Crippen LogP contribution in [0.4, 0.5) is 0 Å². The van der Waals surface area contributed by atoms with Crippen LogP contribution in [0, 0.1) is 0 Å². The minimum absolute atomic E-state index is 0.170. The topological polar surface area (TPSA) is 90.5 Å². The van der Waals surface area contributed by atoms with Crippen LogP contribution in [-0.4, -0.2) is 86.0 Å². The molecular formula is C36H40N6O2. The maximum absolute atomic E-state index is 13.7. The average molecular weight is 589 g/mol. The number of nitrogens with one attached hydrogen (secondary N) is 2. The highest BCUT2D eigenvalue weighted by molar-refractivity contribution is 6.14. The summed E-state index contributed by atoms with van der Waals surface area (Å²) < 4.78 is 0. The standard InChI is InChI=1S/C36H40N6O2/c1-41(2)19-11-17-37-35(43)29-22-31(25-13-7-5-8-14-25)39-33-24-34-28(21-27(29)33)30(36(44)38-18-12-20-42(3)4)23-32(40-34)26-15-9-6-10-16-26/h5-10,13-16,21-24H,11-12,17-20H2,1-4H3,(H,37,43)(H,38,44). The van der Waals surface area contributed by atoms with Gasteiger partial charge in [-0.25, -0.2) is 9.97 Å². The third-order valence-electron chi connectivity index (χ3n) is 7.50. The van der Waals surface area contributed by atoms with E-state index in [0.717, 1.165) is 37.1 Å². The van der Waals surface area contributed by atoms with E-state index in [4.69, 9.17) is 9.97 Å². The Labute approximate surface area is 259 Å². The number of carbonyl (C=O) groups is 2. The molecule has 0 fully saturated rings. The summed E-state index contributed by atoms with van der Waals surface area (Å²) in [6, 6.07) is 27.2. The van der Waals surface area contributed by atoms with Crippen LogP contribution in [0.25, 0.3) is 44.3 Å². The van der Waals surface area contributed by atoms with Gasteiger partial charge in [0, 0.05) is 35.0 Å². The minimum atomic E-state index is -0.170. The summed E-state index contributed by atoms with van der Waals surface area (Å²) >= 11 is 0. The molecule has 3 aromatic carbocycles. The van der Waals surface area contributed by atoms with E-state index in [1.54, 1.807) is 0 Å². The lowest BCUT2D eigenvalue weighted by atomic mass is 9.98. The van der Waals surface area contributed by atoms with Crippen LogP contribution in [0.3, 0.4) is 0 Å². The Bertz CT molecular complexity index is 1630. The Balaban J connectivity index is 1.65. The first-order valence-corrected chi connectivity index (χ1v) is 15.1. The van der Waals surface area contributed by atoms with Gasteiger partial charge in [-0.2, -0.15) is 0 Å². The monoisotopic (exact) mass is 588 g/mol. The predicted octanol–water partition coefficient (Wildman–Crippen LogP) is 5.48. The summed E-state index contributed by atoms with van der Waals surface area (Å²) in [6.45, 7) is 2.86. The molecule has 2 N–H and O–H groups in total. The van der Waals surface area contributed by atoms with Gasteiger partial charge in [-0.3, -0.25) is 9.59 Å². The maximum Gasteiger partial charge on any atom is 0.252 e. The average Bonchev–Trinajstić information content (AvgIpc) is 3.03. The van der Waals surface area contributed by atoms with Crippen molar-refractivity contribution in [2.24, 2.45) is 0 Å². The van der Waals surface area contributed by atoms with Gasteiger partial charge in [-0.1, -0.05) is 60.7 Å². The second kappa shape index (κ2) is 14.2. The molecule has 44 heavy (non-hydrogen) atoms. The molecule has 8 nitrogen and oxygen atoms in total. The normalized spacial score (nSPS) is 11.4. The first-order valence-electron chi connectivity index (χ1n) is 15.1. The van der Waals surface area contributed by atoms with Gasteiger partial charge in [-0.15, -0.1) is 0 Å². The van der Waals surface area contributed by atoms with Crippen LogP contribution in [-0.2, 0) is 0 Å². The van der Waals surface area contributed by atoms with Crippen molar-refractivity contribution in [2.75, 3.05) is 54.4 Å². The van der Waals surface area contributed by atoms with E-state index < -0.39 is 0 Å². The maximum atomic E-state index is 13.7. The molecule has 0 unspecified atom stereocenters. The van der Waals surface area contributed by atoms with Gasteiger partial charge in [0.15, 0.2) is 0 Å². The van der Waals surface area contributed by atoms with Crippen molar-refractivity contribution in [3.8, 4) is 22.5 Å². The van der Waals surface area contributed by atoms with Gasteiger partial charge in [0.2, 0.25) is 0 Å². The molecule has 0 radical (unpaired) electrons. The van der Waals surface area contributed by atoms with Gasteiger partial charge >= 0.3 is 0 Å². The lowest BCUT2D eigenvalue weighted by Gasteiger charge is -2.15. The van der Waals surface area contributed by atoms with Crippen LogP contribution in [0.15, 0.2) is 84.9 Å². The van der Waals surface area contributed by atoms with Crippen molar-refractivity contribution in [3.63, 3.8) is 0 Å². The molecule has 2 heterocycles. The van der Waals surface area contributed by atoms with Crippen LogP contribution < -0.4 is 10.6 Å². The first kappa shape index (κ1) is 30.8. The molecule has 0 bridgehead atoms. The van der Waals surface area contributed by atoms with Crippen molar-refractivity contribution in [2.45, 2.75) is 12.8 Å². The van der Waals surface area contributed by atoms with E-state index in [9.17, 15) is 9.59 Å². The van der Waals surface area contributed by atoms with Crippen LogP contribution in [0.1, 0.15) is 33.6 Å². The van der Waals surface area contributed by atoms with Crippen LogP contribution >= 0.6 is 0 Å². The Morgan fingerprint density at radius 2 is 1.00 bits per heavy atom. The number of benzene rings is 3. The van der Waals surface area contributed by atoms with Gasteiger partial charge in [0.1, 0.15) is 0 Å². The van der Waals surface area contributed by atoms with Crippen LogP contribution in [0.5, 0.6) is 0 Å². The molecule has 2 aromatic heterocycles. The zero-order chi connectivity index (χ0) is 31.1. The van der Waals surface area contributed by atoms with Crippen molar-refractivity contribution in [3.05, 3.63) is 96.1 Å². The number of hydrogen-bond acceptors (Lipinski definition) is 6. The molecule has 226 valence electrons. The molecule has 0 atom stereocenters. The summed E-state index contributed by atoms with van der Waals surface area (Å²) in [5, 5.41) is 7.54. The fourth-order valence-corrected chi connectivity index (χ4v) is 5.22. The predicted molar refractivity (Wildman–Crippen MR) is 179 cm³/mol. The smallest absolute Gasteiger partial charge is 0.252 e. The molecule has 0 saturated heterocycles. The fourth-order valence-electron chi connectivity index (χ4n) is 5.22. The highest BCUT2D eigenvalue weighted by atomic mass is 16.2. The molecule has 5 aromatic rings. The lowest BCUT2D eigenvalue weighted by molar-refractivity contribution is 0.0946. The Morgan fingerprint density at radius 1 is 0.591 bits per heavy atom. The quantitative estimate of drug-likeness (QED) is 0.148. The van der Waals surface area contributed by atoms with Crippen molar-refractivity contribution < 1.29 is 9.59 Å². The molecule has 8 heteroatoms. The van der Waals surface area contributed by atoms with Gasteiger partial charge < -0.3 is 20.4 Å². The summed E-state index contributed by atoms with van der Waals surface area (Å²) in [6.07, 6.45) is 1.67. The molecule has 0 saturated carbocycles. The Hall–Kier alpha value is -4.66. The third-order valence-corrected chi connectivity index (χ3v) is 7.50. The number of pyridine rings is 2. The SMILES string of the molecule is CN(C)CCCNC(=O)c1cc(-c2ccccc2)nc2cc3nc(-c4ccccc4)cc(C(=O)NCCCN(C)C)c3cc12. The Kier molecular flexibility index (Phi) is 9.94. The lowest BCUT2D eigenvalue weighted by Crippen LogP contribution is -2.27.